The van der Waals surface area contributed by atoms with Crippen molar-refractivity contribution in [1.29, 1.82) is 0 Å². The molecule has 0 atom stereocenters. The molecule has 1 aliphatic rings. The van der Waals surface area contributed by atoms with Crippen molar-refractivity contribution in [2.75, 3.05) is 32.7 Å². The quantitative estimate of drug-likeness (QED) is 0.340. The van der Waals surface area contributed by atoms with Crippen LogP contribution in [-0.2, 0) is 11.3 Å². The molecule has 21 heavy (non-hydrogen) atoms. The molecule has 5 heteroatoms. The van der Waals surface area contributed by atoms with Gasteiger partial charge in [-0.25, -0.2) is 5.84 Å². The zero-order valence-electron chi connectivity index (χ0n) is 12.6. The van der Waals surface area contributed by atoms with Gasteiger partial charge in [-0.1, -0.05) is 30.3 Å². The van der Waals surface area contributed by atoms with Crippen LogP contribution in [0.1, 0.15) is 24.8 Å². The Morgan fingerprint density at radius 3 is 2.38 bits per heavy atom. The maximum Gasteiger partial charge on any atom is 0.233 e. The second kappa shape index (κ2) is 8.77. The van der Waals surface area contributed by atoms with Crippen LogP contribution in [0.4, 0.5) is 0 Å². The molecule has 1 aromatic carbocycles. The molecule has 1 amide bonds. The number of carbonyl (C=O) groups excluding carboxylic acids is 1. The molecule has 2 rings (SSSR count). The molecule has 1 aliphatic heterocycles. The maximum atomic E-state index is 11.0. The number of rotatable bonds is 7. The Bertz CT molecular complexity index is 416. The van der Waals surface area contributed by atoms with E-state index in [0.29, 0.717) is 6.42 Å². The predicted octanol–water partition coefficient (Wildman–Crippen LogP) is 0.964. The SMILES string of the molecule is NNC(=O)CCCCN1CCN(Cc2ccccc2)CC1. The number of benzene rings is 1. The highest BCUT2D eigenvalue weighted by molar-refractivity contribution is 5.75. The lowest BCUT2D eigenvalue weighted by molar-refractivity contribution is -0.121. The lowest BCUT2D eigenvalue weighted by Gasteiger charge is -2.34. The van der Waals surface area contributed by atoms with E-state index in [9.17, 15) is 4.79 Å². The summed E-state index contributed by atoms with van der Waals surface area (Å²) in [5, 5.41) is 0. The molecule has 0 radical (unpaired) electrons. The molecule has 0 unspecified atom stereocenters. The molecule has 0 aliphatic carbocycles. The van der Waals surface area contributed by atoms with Gasteiger partial charge in [-0.3, -0.25) is 15.1 Å². The molecule has 3 N–H and O–H groups in total. The Morgan fingerprint density at radius 1 is 1.05 bits per heavy atom. The van der Waals surface area contributed by atoms with Crippen LogP contribution >= 0.6 is 0 Å². The van der Waals surface area contributed by atoms with Gasteiger partial charge >= 0.3 is 0 Å². The zero-order chi connectivity index (χ0) is 14.9. The summed E-state index contributed by atoms with van der Waals surface area (Å²) in [7, 11) is 0. The van der Waals surface area contributed by atoms with E-state index in [1.54, 1.807) is 0 Å². The average Bonchev–Trinajstić information content (AvgIpc) is 2.54. The van der Waals surface area contributed by atoms with Gasteiger partial charge in [0, 0.05) is 39.1 Å². The highest BCUT2D eigenvalue weighted by Crippen LogP contribution is 2.09. The molecule has 0 aromatic heterocycles. The van der Waals surface area contributed by atoms with Crippen LogP contribution in [-0.4, -0.2) is 48.4 Å². The van der Waals surface area contributed by atoms with E-state index < -0.39 is 0 Å². The number of hydrogen-bond acceptors (Lipinski definition) is 4. The van der Waals surface area contributed by atoms with Gasteiger partial charge in [0.15, 0.2) is 0 Å². The van der Waals surface area contributed by atoms with E-state index in [-0.39, 0.29) is 5.91 Å². The van der Waals surface area contributed by atoms with Crippen molar-refractivity contribution >= 4 is 5.91 Å². The number of nitrogens with zero attached hydrogens (tertiary/aromatic N) is 2. The second-order valence-electron chi connectivity index (χ2n) is 5.63. The number of nitrogens with one attached hydrogen (secondary N) is 1. The van der Waals surface area contributed by atoms with Crippen molar-refractivity contribution in [3.63, 3.8) is 0 Å². The molecule has 0 spiro atoms. The fraction of sp³-hybridized carbons (Fsp3) is 0.562. The molecule has 1 aromatic rings. The molecule has 0 bridgehead atoms. The van der Waals surface area contributed by atoms with Gasteiger partial charge in [0.2, 0.25) is 5.91 Å². The van der Waals surface area contributed by atoms with Crippen LogP contribution in [0, 0.1) is 0 Å². The Hall–Kier alpha value is -1.43. The predicted molar refractivity (Wildman–Crippen MR) is 84.3 cm³/mol. The van der Waals surface area contributed by atoms with E-state index in [2.05, 4.69) is 45.6 Å². The summed E-state index contributed by atoms with van der Waals surface area (Å²) in [5.74, 6) is 4.99. The van der Waals surface area contributed by atoms with Crippen LogP contribution in [0.15, 0.2) is 30.3 Å². The number of amides is 1. The first-order chi connectivity index (χ1) is 10.3. The topological polar surface area (TPSA) is 61.6 Å². The van der Waals surface area contributed by atoms with Gasteiger partial charge in [-0.2, -0.15) is 0 Å². The normalized spacial score (nSPS) is 16.8. The minimum Gasteiger partial charge on any atom is -0.301 e. The van der Waals surface area contributed by atoms with Gasteiger partial charge < -0.3 is 4.90 Å². The summed E-state index contributed by atoms with van der Waals surface area (Å²) in [6, 6.07) is 10.6. The van der Waals surface area contributed by atoms with E-state index >= 15 is 0 Å². The zero-order valence-corrected chi connectivity index (χ0v) is 12.6. The Labute approximate surface area is 127 Å². The number of nitrogens with two attached hydrogens (primary N) is 1. The molecule has 116 valence electrons. The van der Waals surface area contributed by atoms with Crippen molar-refractivity contribution in [2.45, 2.75) is 25.8 Å². The van der Waals surface area contributed by atoms with Crippen molar-refractivity contribution in [1.82, 2.24) is 15.2 Å². The van der Waals surface area contributed by atoms with E-state index in [1.807, 2.05) is 0 Å². The number of unbranched alkanes of at least 4 members (excludes halogenated alkanes) is 1. The first-order valence-corrected chi connectivity index (χ1v) is 7.76. The third kappa shape index (κ3) is 5.83. The lowest BCUT2D eigenvalue weighted by atomic mass is 10.2. The average molecular weight is 290 g/mol. The largest absolute Gasteiger partial charge is 0.301 e. The van der Waals surface area contributed by atoms with Gasteiger partial charge in [0.1, 0.15) is 0 Å². The van der Waals surface area contributed by atoms with Crippen LogP contribution < -0.4 is 11.3 Å². The molecular formula is C16H26N4O. The summed E-state index contributed by atoms with van der Waals surface area (Å²) >= 11 is 0. The fourth-order valence-electron chi connectivity index (χ4n) is 2.71. The maximum absolute atomic E-state index is 11.0. The Morgan fingerprint density at radius 2 is 1.71 bits per heavy atom. The van der Waals surface area contributed by atoms with Crippen LogP contribution in [0.25, 0.3) is 0 Å². The summed E-state index contributed by atoms with van der Waals surface area (Å²) in [6.07, 6.45) is 2.50. The van der Waals surface area contributed by atoms with Gasteiger partial charge in [-0.05, 0) is 24.9 Å². The standard InChI is InChI=1S/C16H26N4O/c17-18-16(21)8-4-5-9-19-10-12-20(13-11-19)14-15-6-2-1-3-7-15/h1-3,6-7H,4-5,8-14,17H2,(H,18,21). The molecule has 1 heterocycles. The minimum absolute atomic E-state index is 0.0670. The van der Waals surface area contributed by atoms with Gasteiger partial charge in [0.05, 0.1) is 0 Å². The minimum atomic E-state index is -0.0670. The monoisotopic (exact) mass is 290 g/mol. The molecular weight excluding hydrogens is 264 g/mol. The summed E-state index contributed by atoms with van der Waals surface area (Å²) in [5.41, 5.74) is 3.56. The highest BCUT2D eigenvalue weighted by atomic mass is 16.2. The fourth-order valence-corrected chi connectivity index (χ4v) is 2.71. The highest BCUT2D eigenvalue weighted by Gasteiger charge is 2.16. The third-order valence-corrected chi connectivity index (χ3v) is 4.00. The van der Waals surface area contributed by atoms with Crippen molar-refractivity contribution in [3.8, 4) is 0 Å². The number of hydrogen-bond donors (Lipinski definition) is 2. The molecule has 1 saturated heterocycles. The number of carbonyl (C=O) groups is 1. The second-order valence-corrected chi connectivity index (χ2v) is 5.63. The Kier molecular flexibility index (Phi) is 6.66. The summed E-state index contributed by atoms with van der Waals surface area (Å²) < 4.78 is 0. The summed E-state index contributed by atoms with van der Waals surface area (Å²) in [4.78, 5) is 16.0. The molecule has 0 saturated carbocycles. The number of hydrazine groups is 1. The van der Waals surface area contributed by atoms with Crippen LogP contribution in [0.5, 0.6) is 0 Å². The van der Waals surface area contributed by atoms with Crippen LogP contribution in [0.2, 0.25) is 0 Å². The van der Waals surface area contributed by atoms with Crippen molar-refractivity contribution < 1.29 is 4.79 Å². The lowest BCUT2D eigenvalue weighted by Crippen LogP contribution is -2.46. The van der Waals surface area contributed by atoms with Crippen molar-refractivity contribution in [2.24, 2.45) is 5.84 Å². The first kappa shape index (κ1) is 15.9. The van der Waals surface area contributed by atoms with Gasteiger partial charge in [0.25, 0.3) is 0 Å². The third-order valence-electron chi connectivity index (χ3n) is 4.00. The smallest absolute Gasteiger partial charge is 0.233 e. The van der Waals surface area contributed by atoms with Gasteiger partial charge in [-0.15, -0.1) is 0 Å². The van der Waals surface area contributed by atoms with E-state index in [0.717, 1.165) is 52.1 Å². The Balaban J connectivity index is 1.59. The van der Waals surface area contributed by atoms with Crippen molar-refractivity contribution in [3.05, 3.63) is 35.9 Å². The number of piperazine rings is 1. The first-order valence-electron chi connectivity index (χ1n) is 7.76. The van der Waals surface area contributed by atoms with E-state index in [4.69, 9.17) is 5.84 Å². The molecule has 1 fully saturated rings. The van der Waals surface area contributed by atoms with Crippen LogP contribution in [0.3, 0.4) is 0 Å². The molecule has 5 nitrogen and oxygen atoms in total. The van der Waals surface area contributed by atoms with E-state index in [1.165, 1.54) is 5.56 Å². The summed E-state index contributed by atoms with van der Waals surface area (Å²) in [6.45, 7) is 6.62.